The van der Waals surface area contributed by atoms with Crippen molar-refractivity contribution < 1.29 is 14.6 Å². The molecule has 0 heterocycles. The van der Waals surface area contributed by atoms with Gasteiger partial charge in [-0.2, -0.15) is 0 Å². The third-order valence-electron chi connectivity index (χ3n) is 4.03. The molecular formula is C16H24N2O3. The van der Waals surface area contributed by atoms with Crippen LogP contribution in [0.25, 0.3) is 0 Å². The van der Waals surface area contributed by atoms with E-state index >= 15 is 0 Å². The largest absolute Gasteiger partial charge is 0.493 e. The third-order valence-corrected chi connectivity index (χ3v) is 4.03. The lowest BCUT2D eigenvalue weighted by molar-refractivity contribution is -0.135. The molecule has 2 rings (SSSR count). The highest BCUT2D eigenvalue weighted by Crippen LogP contribution is 2.23. The standard InChI is InChI=1S/C16H24N2O3/c1-18(14-7-2-3-8-15(14)19)16(20)9-10-21-13-6-4-5-12(17)11-13/h4-6,11,14-15,19H,2-3,7-10,17H2,1H3. The van der Waals surface area contributed by atoms with Gasteiger partial charge in [-0.15, -0.1) is 0 Å². The summed E-state index contributed by atoms with van der Waals surface area (Å²) in [4.78, 5) is 13.8. The molecule has 1 saturated carbocycles. The number of aliphatic hydroxyl groups is 1. The highest BCUT2D eigenvalue weighted by Gasteiger charge is 2.29. The van der Waals surface area contributed by atoms with E-state index in [2.05, 4.69) is 0 Å². The first-order chi connectivity index (χ1) is 10.1. The molecule has 0 spiro atoms. The molecule has 3 N–H and O–H groups in total. The normalized spacial score (nSPS) is 21.8. The average molecular weight is 292 g/mol. The molecule has 0 bridgehead atoms. The Balaban J connectivity index is 1.78. The Hall–Kier alpha value is -1.75. The van der Waals surface area contributed by atoms with Gasteiger partial charge in [0.2, 0.25) is 5.91 Å². The summed E-state index contributed by atoms with van der Waals surface area (Å²) in [5.41, 5.74) is 6.31. The third kappa shape index (κ3) is 4.36. The zero-order chi connectivity index (χ0) is 15.2. The second-order valence-corrected chi connectivity index (χ2v) is 5.59. The van der Waals surface area contributed by atoms with E-state index in [1.165, 1.54) is 0 Å². The van der Waals surface area contributed by atoms with Gasteiger partial charge in [-0.1, -0.05) is 18.9 Å². The van der Waals surface area contributed by atoms with E-state index in [1.54, 1.807) is 24.1 Å². The monoisotopic (exact) mass is 292 g/mol. The van der Waals surface area contributed by atoms with Gasteiger partial charge in [0.05, 0.1) is 25.2 Å². The van der Waals surface area contributed by atoms with Gasteiger partial charge in [0.1, 0.15) is 5.75 Å². The summed E-state index contributed by atoms with van der Waals surface area (Å²) < 4.78 is 5.53. The molecular weight excluding hydrogens is 268 g/mol. The lowest BCUT2D eigenvalue weighted by atomic mass is 9.91. The topological polar surface area (TPSA) is 75.8 Å². The van der Waals surface area contributed by atoms with Crippen LogP contribution in [-0.2, 0) is 4.79 Å². The van der Waals surface area contributed by atoms with Crippen molar-refractivity contribution in [2.24, 2.45) is 0 Å². The summed E-state index contributed by atoms with van der Waals surface area (Å²) in [6, 6.07) is 7.10. The first-order valence-corrected chi connectivity index (χ1v) is 7.50. The molecule has 1 aromatic carbocycles. The number of nitrogen functional groups attached to an aromatic ring is 1. The van der Waals surface area contributed by atoms with E-state index < -0.39 is 6.10 Å². The Morgan fingerprint density at radius 2 is 2.19 bits per heavy atom. The lowest BCUT2D eigenvalue weighted by Crippen LogP contribution is -2.46. The number of hydrogen-bond acceptors (Lipinski definition) is 4. The second-order valence-electron chi connectivity index (χ2n) is 5.59. The number of aliphatic hydroxyl groups excluding tert-OH is 1. The molecule has 5 nitrogen and oxygen atoms in total. The Labute approximate surface area is 125 Å². The lowest BCUT2D eigenvalue weighted by Gasteiger charge is -2.35. The molecule has 5 heteroatoms. The van der Waals surface area contributed by atoms with Crippen LogP contribution in [0.5, 0.6) is 5.75 Å². The number of hydrogen-bond donors (Lipinski definition) is 2. The molecule has 0 radical (unpaired) electrons. The Bertz CT molecular complexity index is 478. The molecule has 116 valence electrons. The minimum absolute atomic E-state index is 0.00449. The van der Waals surface area contributed by atoms with Crippen molar-refractivity contribution >= 4 is 11.6 Å². The number of benzene rings is 1. The maximum atomic E-state index is 12.2. The highest BCUT2D eigenvalue weighted by atomic mass is 16.5. The fraction of sp³-hybridized carbons (Fsp3) is 0.562. The summed E-state index contributed by atoms with van der Waals surface area (Å²) in [5.74, 6) is 0.674. The average Bonchev–Trinajstić information content (AvgIpc) is 2.47. The van der Waals surface area contributed by atoms with Gasteiger partial charge in [0, 0.05) is 18.8 Å². The molecule has 2 atom stereocenters. The summed E-state index contributed by atoms with van der Waals surface area (Å²) in [7, 11) is 1.77. The first-order valence-electron chi connectivity index (χ1n) is 7.50. The predicted molar refractivity (Wildman–Crippen MR) is 82.0 cm³/mol. The number of rotatable bonds is 5. The zero-order valence-electron chi connectivity index (χ0n) is 12.5. The predicted octanol–water partition coefficient (Wildman–Crippen LogP) is 1.80. The smallest absolute Gasteiger partial charge is 0.226 e. The molecule has 1 fully saturated rings. The summed E-state index contributed by atoms with van der Waals surface area (Å²) in [6.07, 6.45) is 3.66. The maximum absolute atomic E-state index is 12.2. The number of anilines is 1. The van der Waals surface area contributed by atoms with E-state index in [1.807, 2.05) is 12.1 Å². The second kappa shape index (κ2) is 7.31. The van der Waals surface area contributed by atoms with Gasteiger partial charge >= 0.3 is 0 Å². The van der Waals surface area contributed by atoms with Crippen LogP contribution in [0.2, 0.25) is 0 Å². The Kier molecular flexibility index (Phi) is 5.44. The van der Waals surface area contributed by atoms with Gasteiger partial charge < -0.3 is 20.5 Å². The Morgan fingerprint density at radius 1 is 1.43 bits per heavy atom. The molecule has 2 unspecified atom stereocenters. The van der Waals surface area contributed by atoms with Crippen LogP contribution in [-0.4, -0.2) is 41.7 Å². The first kappa shape index (κ1) is 15.6. The van der Waals surface area contributed by atoms with Crippen LogP contribution < -0.4 is 10.5 Å². The van der Waals surface area contributed by atoms with Crippen molar-refractivity contribution in [3.05, 3.63) is 24.3 Å². The molecule has 1 aliphatic rings. The van der Waals surface area contributed by atoms with Crippen molar-refractivity contribution in [1.29, 1.82) is 0 Å². The van der Waals surface area contributed by atoms with E-state index in [0.29, 0.717) is 24.5 Å². The van der Waals surface area contributed by atoms with Crippen molar-refractivity contribution in [2.75, 3.05) is 19.4 Å². The van der Waals surface area contributed by atoms with Crippen LogP contribution in [0.4, 0.5) is 5.69 Å². The Morgan fingerprint density at radius 3 is 2.90 bits per heavy atom. The van der Waals surface area contributed by atoms with Crippen molar-refractivity contribution in [2.45, 2.75) is 44.2 Å². The number of amides is 1. The number of likely N-dealkylation sites (N-methyl/N-ethyl adjacent to an activating group) is 1. The number of nitrogens with two attached hydrogens (primary N) is 1. The SMILES string of the molecule is CN(C(=O)CCOc1cccc(N)c1)C1CCCCC1O. The zero-order valence-corrected chi connectivity index (χ0v) is 12.5. The van der Waals surface area contributed by atoms with Gasteiger partial charge in [-0.3, -0.25) is 4.79 Å². The van der Waals surface area contributed by atoms with Crippen LogP contribution in [0, 0.1) is 0 Å². The van der Waals surface area contributed by atoms with Crippen molar-refractivity contribution in [1.82, 2.24) is 4.90 Å². The number of nitrogens with zero attached hydrogens (tertiary/aromatic N) is 1. The molecule has 0 aliphatic heterocycles. The number of carbonyl (C=O) groups is 1. The van der Waals surface area contributed by atoms with Crippen molar-refractivity contribution in [3.8, 4) is 5.75 Å². The van der Waals surface area contributed by atoms with Crippen LogP contribution in [0.3, 0.4) is 0 Å². The molecule has 21 heavy (non-hydrogen) atoms. The van der Waals surface area contributed by atoms with Gasteiger partial charge in [0.15, 0.2) is 0 Å². The molecule has 0 saturated heterocycles. The van der Waals surface area contributed by atoms with E-state index in [4.69, 9.17) is 10.5 Å². The van der Waals surface area contributed by atoms with Crippen molar-refractivity contribution in [3.63, 3.8) is 0 Å². The van der Waals surface area contributed by atoms with E-state index in [9.17, 15) is 9.90 Å². The summed E-state index contributed by atoms with van der Waals surface area (Å²) in [6.45, 7) is 0.315. The van der Waals surface area contributed by atoms with E-state index in [0.717, 1.165) is 25.7 Å². The minimum atomic E-state index is -0.400. The summed E-state index contributed by atoms with van der Waals surface area (Å²) in [5, 5.41) is 9.98. The molecule has 1 amide bonds. The van der Waals surface area contributed by atoms with Crippen LogP contribution in [0.15, 0.2) is 24.3 Å². The highest BCUT2D eigenvalue weighted by molar-refractivity contribution is 5.76. The fourth-order valence-corrected chi connectivity index (χ4v) is 2.77. The molecule has 1 aromatic rings. The van der Waals surface area contributed by atoms with Gasteiger partial charge in [-0.05, 0) is 25.0 Å². The summed E-state index contributed by atoms with van der Waals surface area (Å²) >= 11 is 0. The van der Waals surface area contributed by atoms with Crippen LogP contribution >= 0.6 is 0 Å². The molecule has 0 aromatic heterocycles. The van der Waals surface area contributed by atoms with Crippen LogP contribution in [0.1, 0.15) is 32.1 Å². The fourth-order valence-electron chi connectivity index (χ4n) is 2.77. The molecule has 1 aliphatic carbocycles. The van der Waals surface area contributed by atoms with E-state index in [-0.39, 0.29) is 11.9 Å². The van der Waals surface area contributed by atoms with Gasteiger partial charge in [0.25, 0.3) is 0 Å². The van der Waals surface area contributed by atoms with Gasteiger partial charge in [-0.25, -0.2) is 0 Å². The minimum Gasteiger partial charge on any atom is -0.493 e. The quantitative estimate of drug-likeness (QED) is 0.811. The number of carbonyl (C=O) groups excluding carboxylic acids is 1. The number of ether oxygens (including phenoxy) is 1. The maximum Gasteiger partial charge on any atom is 0.226 e.